The fraction of sp³-hybridized carbons (Fsp3) is 0.409. The van der Waals surface area contributed by atoms with Crippen LogP contribution in [0.4, 0.5) is 4.39 Å². The molecular formula is C22H30FN3O3. The van der Waals surface area contributed by atoms with Gasteiger partial charge < -0.3 is 24.8 Å². The average molecular weight is 403 g/mol. The summed E-state index contributed by atoms with van der Waals surface area (Å²) in [6.07, 6.45) is 0. The molecule has 2 aromatic rings. The quantitative estimate of drug-likeness (QED) is 0.516. The van der Waals surface area contributed by atoms with Crippen molar-refractivity contribution in [3.05, 3.63) is 52.8 Å². The van der Waals surface area contributed by atoms with Crippen LogP contribution >= 0.6 is 0 Å². The number of rotatable bonds is 8. The summed E-state index contributed by atoms with van der Waals surface area (Å²) < 4.78 is 30.2. The maximum atomic E-state index is 13.9. The zero-order valence-corrected chi connectivity index (χ0v) is 17.9. The molecule has 0 bridgehead atoms. The molecule has 0 radical (unpaired) electrons. The lowest BCUT2D eigenvalue weighted by Crippen LogP contribution is -2.38. The van der Waals surface area contributed by atoms with Gasteiger partial charge in [-0.15, -0.1) is 0 Å². The van der Waals surface area contributed by atoms with Gasteiger partial charge in [0.15, 0.2) is 17.5 Å². The van der Waals surface area contributed by atoms with E-state index < -0.39 is 0 Å². The topological polar surface area (TPSA) is 64.1 Å². The van der Waals surface area contributed by atoms with Crippen LogP contribution in [0, 0.1) is 12.7 Å². The molecule has 158 valence electrons. The Morgan fingerprint density at radius 3 is 2.38 bits per heavy atom. The average Bonchev–Trinajstić information content (AvgIpc) is 2.73. The Hall–Kier alpha value is -2.96. The highest BCUT2D eigenvalue weighted by Crippen LogP contribution is 2.39. The van der Waals surface area contributed by atoms with E-state index in [4.69, 9.17) is 14.2 Å². The Kier molecular flexibility index (Phi) is 8.12. The number of hydrogen-bond donors (Lipinski definition) is 2. The lowest BCUT2D eigenvalue weighted by atomic mass is 10.1. The Bertz CT molecular complexity index is 855. The van der Waals surface area contributed by atoms with Crippen molar-refractivity contribution in [2.75, 3.05) is 27.9 Å². The molecule has 0 fully saturated rings. The third-order valence-electron chi connectivity index (χ3n) is 4.59. The first kappa shape index (κ1) is 22.3. The molecular weight excluding hydrogens is 373 g/mol. The first-order valence-electron chi connectivity index (χ1n) is 9.53. The van der Waals surface area contributed by atoms with E-state index in [0.29, 0.717) is 41.9 Å². The predicted octanol–water partition coefficient (Wildman–Crippen LogP) is 3.98. The number of aliphatic imine (C=N–C) groups is 1. The Morgan fingerprint density at radius 1 is 1.07 bits per heavy atom. The van der Waals surface area contributed by atoms with Crippen molar-refractivity contribution in [3.63, 3.8) is 0 Å². The summed E-state index contributed by atoms with van der Waals surface area (Å²) in [7, 11) is 4.74. The highest BCUT2D eigenvalue weighted by atomic mass is 19.1. The maximum absolute atomic E-state index is 13.9. The van der Waals surface area contributed by atoms with E-state index in [1.54, 1.807) is 40.4 Å². The molecule has 2 aromatic carbocycles. The van der Waals surface area contributed by atoms with Gasteiger partial charge in [0.2, 0.25) is 5.75 Å². The molecule has 7 heteroatoms. The fourth-order valence-corrected chi connectivity index (χ4v) is 2.94. The largest absolute Gasteiger partial charge is 0.493 e. The smallest absolute Gasteiger partial charge is 0.203 e. The van der Waals surface area contributed by atoms with E-state index >= 15 is 0 Å². The van der Waals surface area contributed by atoms with Gasteiger partial charge in [0.25, 0.3) is 0 Å². The standard InChI is InChI=1S/C22H30FN3O3/c1-7-24-22(26-15(3)16-9-8-14(2)18(23)12-16)25-13-17-10-11-19(27-4)21(29-6)20(17)28-5/h8-12,15H,7,13H2,1-6H3,(H2,24,25,26). The third kappa shape index (κ3) is 5.53. The minimum Gasteiger partial charge on any atom is -0.493 e. The van der Waals surface area contributed by atoms with Gasteiger partial charge in [-0.2, -0.15) is 0 Å². The number of aryl methyl sites for hydroxylation is 1. The van der Waals surface area contributed by atoms with Crippen molar-refractivity contribution >= 4 is 5.96 Å². The van der Waals surface area contributed by atoms with Crippen LogP contribution in [-0.2, 0) is 6.54 Å². The zero-order chi connectivity index (χ0) is 21.4. The van der Waals surface area contributed by atoms with E-state index in [1.165, 1.54) is 0 Å². The summed E-state index contributed by atoms with van der Waals surface area (Å²) in [5.74, 6) is 2.12. The van der Waals surface area contributed by atoms with Gasteiger partial charge in [0.05, 0.1) is 33.9 Å². The summed E-state index contributed by atoms with van der Waals surface area (Å²) in [5.41, 5.74) is 2.33. The summed E-state index contributed by atoms with van der Waals surface area (Å²) in [6, 6.07) is 8.85. The summed E-state index contributed by atoms with van der Waals surface area (Å²) >= 11 is 0. The Morgan fingerprint density at radius 2 is 1.79 bits per heavy atom. The molecule has 2 N–H and O–H groups in total. The van der Waals surface area contributed by atoms with Gasteiger partial charge in [-0.05, 0) is 50.1 Å². The van der Waals surface area contributed by atoms with Crippen molar-refractivity contribution in [1.29, 1.82) is 0 Å². The number of halogens is 1. The van der Waals surface area contributed by atoms with Gasteiger partial charge in [-0.25, -0.2) is 9.38 Å². The van der Waals surface area contributed by atoms with Crippen LogP contribution in [0.2, 0.25) is 0 Å². The van der Waals surface area contributed by atoms with Crippen LogP contribution in [0.3, 0.4) is 0 Å². The molecule has 0 amide bonds. The maximum Gasteiger partial charge on any atom is 0.203 e. The van der Waals surface area contributed by atoms with E-state index in [-0.39, 0.29) is 11.9 Å². The molecule has 0 spiro atoms. The fourth-order valence-electron chi connectivity index (χ4n) is 2.94. The number of benzene rings is 2. The minimum atomic E-state index is -0.215. The monoisotopic (exact) mass is 403 g/mol. The molecule has 0 aliphatic rings. The number of nitrogens with one attached hydrogen (secondary N) is 2. The van der Waals surface area contributed by atoms with E-state index in [0.717, 1.165) is 11.1 Å². The second kappa shape index (κ2) is 10.5. The van der Waals surface area contributed by atoms with Crippen LogP contribution in [0.15, 0.2) is 35.3 Å². The number of nitrogens with zero attached hydrogens (tertiary/aromatic N) is 1. The molecule has 1 atom stereocenters. The predicted molar refractivity (Wildman–Crippen MR) is 114 cm³/mol. The first-order valence-corrected chi connectivity index (χ1v) is 9.53. The van der Waals surface area contributed by atoms with Crippen molar-refractivity contribution in [1.82, 2.24) is 10.6 Å². The summed E-state index contributed by atoms with van der Waals surface area (Å²) in [5, 5.41) is 6.53. The molecule has 0 aliphatic heterocycles. The van der Waals surface area contributed by atoms with Crippen molar-refractivity contribution in [2.45, 2.75) is 33.4 Å². The number of guanidine groups is 1. The molecule has 6 nitrogen and oxygen atoms in total. The van der Waals surface area contributed by atoms with E-state index in [2.05, 4.69) is 15.6 Å². The lowest BCUT2D eigenvalue weighted by Gasteiger charge is -2.19. The van der Waals surface area contributed by atoms with Crippen molar-refractivity contribution < 1.29 is 18.6 Å². The summed E-state index contributed by atoms with van der Waals surface area (Å²) in [4.78, 5) is 4.65. The third-order valence-corrected chi connectivity index (χ3v) is 4.59. The van der Waals surface area contributed by atoms with E-state index in [9.17, 15) is 4.39 Å². The highest BCUT2D eigenvalue weighted by molar-refractivity contribution is 5.80. The second-order valence-corrected chi connectivity index (χ2v) is 6.56. The molecule has 0 saturated heterocycles. The molecule has 0 aromatic heterocycles. The van der Waals surface area contributed by atoms with Gasteiger partial charge >= 0.3 is 0 Å². The van der Waals surface area contributed by atoms with Gasteiger partial charge in [-0.1, -0.05) is 12.1 Å². The first-order chi connectivity index (χ1) is 13.9. The summed E-state index contributed by atoms with van der Waals surface area (Å²) in [6.45, 7) is 6.77. The van der Waals surface area contributed by atoms with Crippen molar-refractivity contribution in [2.24, 2.45) is 4.99 Å². The number of hydrogen-bond acceptors (Lipinski definition) is 4. The lowest BCUT2D eigenvalue weighted by molar-refractivity contribution is 0.322. The normalized spacial score (nSPS) is 12.3. The molecule has 1 unspecified atom stereocenters. The Balaban J connectivity index is 2.23. The van der Waals surface area contributed by atoms with Crippen LogP contribution in [0.1, 0.15) is 36.6 Å². The Labute approximate surface area is 172 Å². The van der Waals surface area contributed by atoms with Crippen LogP contribution in [0.25, 0.3) is 0 Å². The number of methoxy groups -OCH3 is 3. The molecule has 0 heterocycles. The second-order valence-electron chi connectivity index (χ2n) is 6.56. The molecule has 0 aliphatic carbocycles. The molecule has 0 saturated carbocycles. The van der Waals surface area contributed by atoms with Crippen LogP contribution < -0.4 is 24.8 Å². The van der Waals surface area contributed by atoms with Gasteiger partial charge in [0.1, 0.15) is 5.82 Å². The highest BCUT2D eigenvalue weighted by Gasteiger charge is 2.16. The van der Waals surface area contributed by atoms with Crippen molar-refractivity contribution in [3.8, 4) is 17.2 Å². The van der Waals surface area contributed by atoms with Crippen LogP contribution in [-0.4, -0.2) is 33.8 Å². The SMILES string of the molecule is CCNC(=NCc1ccc(OC)c(OC)c1OC)NC(C)c1ccc(C)c(F)c1. The minimum absolute atomic E-state index is 0.116. The molecule has 29 heavy (non-hydrogen) atoms. The van der Waals surface area contributed by atoms with Gasteiger partial charge in [0, 0.05) is 12.1 Å². The zero-order valence-electron chi connectivity index (χ0n) is 17.9. The van der Waals surface area contributed by atoms with Gasteiger partial charge in [-0.3, -0.25) is 0 Å². The van der Waals surface area contributed by atoms with E-state index in [1.807, 2.05) is 32.0 Å². The van der Waals surface area contributed by atoms with Crippen LogP contribution in [0.5, 0.6) is 17.2 Å². The number of ether oxygens (including phenoxy) is 3. The molecule has 2 rings (SSSR count).